The molecule has 0 spiro atoms. The highest BCUT2D eigenvalue weighted by atomic mass is 16.4. The fourth-order valence-electron chi connectivity index (χ4n) is 4.12. The molecule has 3 rings (SSSR count). The number of carbonyl (C=O) groups is 2. The molecule has 1 aromatic rings. The largest absolute Gasteiger partial charge is 0.549 e. The number of hydrogen-bond acceptors (Lipinski definition) is 3. The van der Waals surface area contributed by atoms with E-state index in [2.05, 4.69) is 6.58 Å². The van der Waals surface area contributed by atoms with E-state index < -0.39 is 11.9 Å². The van der Waals surface area contributed by atoms with Crippen LogP contribution in [0.4, 0.5) is 0 Å². The van der Waals surface area contributed by atoms with Gasteiger partial charge in [-0.3, -0.25) is 4.79 Å². The molecule has 3 atom stereocenters. The number of carboxylic acid groups (broad SMARTS) is 1. The number of likely N-dealkylation sites (tertiary alicyclic amines) is 1. The van der Waals surface area contributed by atoms with Crippen molar-refractivity contribution in [2.45, 2.75) is 32.1 Å². The van der Waals surface area contributed by atoms with Gasteiger partial charge in [0.25, 0.3) is 0 Å². The van der Waals surface area contributed by atoms with Crippen molar-refractivity contribution < 1.29 is 14.7 Å². The van der Waals surface area contributed by atoms with Crippen LogP contribution in [-0.4, -0.2) is 29.9 Å². The van der Waals surface area contributed by atoms with Crippen LogP contribution in [0.1, 0.15) is 37.7 Å². The molecule has 0 bridgehead atoms. The predicted octanol–water partition coefficient (Wildman–Crippen LogP) is 2.10. The standard InChI is InChI=1S/C20H25NO3/c1-14(15-7-3-2-4-8-15)18(20(23)24)11-19(22)21-12-16-9-5-6-10-17(16)13-21/h2-4,7-8,16-18H,1,5-6,9-13H2,(H,23,24)/p-1/t16-,17+,18-/m1/s1. The van der Waals surface area contributed by atoms with E-state index in [4.69, 9.17) is 0 Å². The lowest BCUT2D eigenvalue weighted by Crippen LogP contribution is -2.37. The molecule has 2 aliphatic rings. The fourth-order valence-corrected chi connectivity index (χ4v) is 4.12. The molecular formula is C20H24NO3-. The first-order chi connectivity index (χ1) is 11.6. The Morgan fingerprint density at radius 1 is 1.12 bits per heavy atom. The summed E-state index contributed by atoms with van der Waals surface area (Å²) in [6, 6.07) is 9.15. The summed E-state index contributed by atoms with van der Waals surface area (Å²) in [7, 11) is 0. The molecule has 1 aliphatic carbocycles. The number of amides is 1. The molecule has 1 aromatic carbocycles. The average Bonchev–Trinajstić information content (AvgIpc) is 3.03. The molecule has 128 valence electrons. The molecule has 4 heteroatoms. The van der Waals surface area contributed by atoms with Crippen molar-refractivity contribution in [3.05, 3.63) is 42.5 Å². The second kappa shape index (κ2) is 7.20. The first kappa shape index (κ1) is 16.7. The number of nitrogens with zero attached hydrogens (tertiary/aromatic N) is 1. The van der Waals surface area contributed by atoms with Gasteiger partial charge in [0.2, 0.25) is 5.91 Å². The van der Waals surface area contributed by atoms with Crippen molar-refractivity contribution in [3.63, 3.8) is 0 Å². The number of aliphatic carboxylic acids is 1. The maximum atomic E-state index is 12.6. The van der Waals surface area contributed by atoms with Crippen molar-refractivity contribution in [1.29, 1.82) is 0 Å². The van der Waals surface area contributed by atoms with Gasteiger partial charge in [-0.25, -0.2) is 0 Å². The number of carboxylic acids is 1. The molecule has 1 aliphatic heterocycles. The van der Waals surface area contributed by atoms with Crippen molar-refractivity contribution >= 4 is 17.4 Å². The fraction of sp³-hybridized carbons (Fsp3) is 0.500. The molecule has 0 unspecified atom stereocenters. The first-order valence-electron chi connectivity index (χ1n) is 8.79. The molecule has 4 nitrogen and oxygen atoms in total. The second-order valence-electron chi connectivity index (χ2n) is 7.07. The monoisotopic (exact) mass is 326 g/mol. The molecule has 0 N–H and O–H groups in total. The maximum Gasteiger partial charge on any atom is 0.223 e. The Labute approximate surface area is 143 Å². The minimum absolute atomic E-state index is 0.0600. The molecular weight excluding hydrogens is 302 g/mol. The summed E-state index contributed by atoms with van der Waals surface area (Å²) in [4.78, 5) is 26.1. The van der Waals surface area contributed by atoms with Gasteiger partial charge in [-0.15, -0.1) is 0 Å². The van der Waals surface area contributed by atoms with Crippen LogP contribution in [0.2, 0.25) is 0 Å². The smallest absolute Gasteiger partial charge is 0.223 e. The van der Waals surface area contributed by atoms with Crippen LogP contribution < -0.4 is 5.11 Å². The molecule has 1 amide bonds. The zero-order chi connectivity index (χ0) is 17.1. The summed E-state index contributed by atoms with van der Waals surface area (Å²) < 4.78 is 0. The van der Waals surface area contributed by atoms with Gasteiger partial charge in [0.05, 0.1) is 0 Å². The Morgan fingerprint density at radius 2 is 1.71 bits per heavy atom. The molecule has 1 saturated heterocycles. The van der Waals surface area contributed by atoms with Crippen molar-refractivity contribution in [2.24, 2.45) is 17.8 Å². The summed E-state index contributed by atoms with van der Waals surface area (Å²) in [6.07, 6.45) is 4.81. The lowest BCUT2D eigenvalue weighted by atomic mass is 9.82. The van der Waals surface area contributed by atoms with Crippen molar-refractivity contribution in [1.82, 2.24) is 4.90 Å². The quantitative estimate of drug-likeness (QED) is 0.832. The molecule has 1 saturated carbocycles. The van der Waals surface area contributed by atoms with E-state index >= 15 is 0 Å². The van der Waals surface area contributed by atoms with E-state index in [9.17, 15) is 14.7 Å². The highest BCUT2D eigenvalue weighted by Crippen LogP contribution is 2.36. The van der Waals surface area contributed by atoms with E-state index in [0.717, 1.165) is 18.7 Å². The Bertz CT molecular complexity index is 611. The summed E-state index contributed by atoms with van der Waals surface area (Å²) >= 11 is 0. The summed E-state index contributed by atoms with van der Waals surface area (Å²) in [5.41, 5.74) is 1.19. The minimum Gasteiger partial charge on any atom is -0.549 e. The van der Waals surface area contributed by atoms with Crippen LogP contribution in [-0.2, 0) is 9.59 Å². The van der Waals surface area contributed by atoms with Gasteiger partial charge >= 0.3 is 0 Å². The Hall–Kier alpha value is -2.10. The Balaban J connectivity index is 1.66. The third kappa shape index (κ3) is 3.53. The number of benzene rings is 1. The van der Waals surface area contributed by atoms with E-state index in [1.807, 2.05) is 35.2 Å². The topological polar surface area (TPSA) is 60.4 Å². The normalized spacial score (nSPS) is 24.2. The van der Waals surface area contributed by atoms with Crippen LogP contribution in [0.5, 0.6) is 0 Å². The maximum absolute atomic E-state index is 12.6. The van der Waals surface area contributed by atoms with Crippen LogP contribution in [0.3, 0.4) is 0 Å². The van der Waals surface area contributed by atoms with Gasteiger partial charge in [-0.05, 0) is 35.8 Å². The Kier molecular flexibility index (Phi) is 5.03. The van der Waals surface area contributed by atoms with E-state index in [-0.39, 0.29) is 12.3 Å². The summed E-state index contributed by atoms with van der Waals surface area (Å²) in [6.45, 7) is 5.46. The van der Waals surface area contributed by atoms with Crippen LogP contribution in [0, 0.1) is 17.8 Å². The predicted molar refractivity (Wildman–Crippen MR) is 90.6 cm³/mol. The third-order valence-corrected chi connectivity index (χ3v) is 5.56. The average molecular weight is 326 g/mol. The van der Waals surface area contributed by atoms with Crippen LogP contribution in [0.15, 0.2) is 36.9 Å². The first-order valence-corrected chi connectivity index (χ1v) is 8.79. The van der Waals surface area contributed by atoms with Gasteiger partial charge in [0.15, 0.2) is 0 Å². The van der Waals surface area contributed by atoms with Crippen LogP contribution >= 0.6 is 0 Å². The molecule has 1 heterocycles. The van der Waals surface area contributed by atoms with Crippen molar-refractivity contribution in [3.8, 4) is 0 Å². The Morgan fingerprint density at radius 3 is 2.25 bits per heavy atom. The number of rotatable bonds is 5. The zero-order valence-electron chi connectivity index (χ0n) is 13.9. The minimum atomic E-state index is -1.23. The van der Waals surface area contributed by atoms with Gasteiger partial charge in [-0.2, -0.15) is 0 Å². The highest BCUT2D eigenvalue weighted by molar-refractivity contribution is 5.91. The van der Waals surface area contributed by atoms with E-state index in [1.54, 1.807) is 0 Å². The lowest BCUT2D eigenvalue weighted by Gasteiger charge is -2.24. The molecule has 2 fully saturated rings. The zero-order valence-corrected chi connectivity index (χ0v) is 13.9. The highest BCUT2D eigenvalue weighted by Gasteiger charge is 2.37. The summed E-state index contributed by atoms with van der Waals surface area (Å²) in [5.74, 6) is -1.09. The molecule has 24 heavy (non-hydrogen) atoms. The number of hydrogen-bond donors (Lipinski definition) is 0. The van der Waals surface area contributed by atoms with Crippen molar-refractivity contribution in [2.75, 3.05) is 13.1 Å². The molecule has 0 radical (unpaired) electrons. The SMILES string of the molecule is C=C(c1ccccc1)[C@@H](CC(=O)N1C[C@H]2CCCC[C@H]2C1)C(=O)[O-]. The van der Waals surface area contributed by atoms with Gasteiger partial charge in [0, 0.05) is 31.4 Å². The second-order valence-corrected chi connectivity index (χ2v) is 7.07. The van der Waals surface area contributed by atoms with Gasteiger partial charge < -0.3 is 14.8 Å². The molecule has 0 aromatic heterocycles. The summed E-state index contributed by atoms with van der Waals surface area (Å²) in [5, 5.41) is 11.6. The lowest BCUT2D eigenvalue weighted by molar-refractivity contribution is -0.309. The van der Waals surface area contributed by atoms with Gasteiger partial charge in [0.1, 0.15) is 0 Å². The third-order valence-electron chi connectivity index (χ3n) is 5.56. The van der Waals surface area contributed by atoms with Gasteiger partial charge in [-0.1, -0.05) is 49.8 Å². The van der Waals surface area contributed by atoms with E-state index in [1.165, 1.54) is 25.7 Å². The van der Waals surface area contributed by atoms with E-state index in [0.29, 0.717) is 17.4 Å². The number of carbonyl (C=O) groups excluding carboxylic acids is 2. The van der Waals surface area contributed by atoms with Crippen LogP contribution in [0.25, 0.3) is 5.57 Å². The number of fused-ring (bicyclic) bond motifs is 1.